The van der Waals surface area contributed by atoms with Crippen LogP contribution >= 0.6 is 35.0 Å². The lowest BCUT2D eigenvalue weighted by Gasteiger charge is -2.10. The van der Waals surface area contributed by atoms with E-state index in [0.717, 1.165) is 38.8 Å². The molecule has 5 rings (SSSR count). The Hall–Kier alpha value is -3.17. The van der Waals surface area contributed by atoms with Gasteiger partial charge in [-0.2, -0.15) is 5.26 Å². The van der Waals surface area contributed by atoms with Gasteiger partial charge in [-0.15, -0.1) is 0 Å². The first-order valence-electron chi connectivity index (χ1n) is 10.3. The molecule has 0 amide bonds. The van der Waals surface area contributed by atoms with E-state index in [0.29, 0.717) is 26.7 Å². The van der Waals surface area contributed by atoms with E-state index in [1.165, 1.54) is 11.8 Å². The number of hydrogen-bond donors (Lipinski definition) is 1. The molecule has 162 valence electrons. The highest BCUT2D eigenvalue weighted by atomic mass is 35.5. The third kappa shape index (κ3) is 4.26. The Kier molecular flexibility index (Phi) is 5.90. The first-order chi connectivity index (χ1) is 16.0. The van der Waals surface area contributed by atoms with Crippen LogP contribution in [0.1, 0.15) is 16.8 Å². The van der Waals surface area contributed by atoms with Crippen molar-refractivity contribution >= 4 is 63.0 Å². The Balaban J connectivity index is 1.55. The average molecular weight is 489 g/mol. The smallest absolute Gasteiger partial charge is 0.171 e. The Morgan fingerprint density at radius 3 is 2.67 bits per heavy atom. The third-order valence-corrected chi connectivity index (χ3v) is 7.12. The molecule has 1 N–H and O–H groups in total. The van der Waals surface area contributed by atoms with E-state index in [-0.39, 0.29) is 0 Å². The number of nitrogens with zero attached hydrogens (tertiary/aromatic N) is 3. The number of nitrogens with one attached hydrogen (secondary N) is 1. The summed E-state index contributed by atoms with van der Waals surface area (Å²) in [6, 6.07) is 24.1. The average Bonchev–Trinajstić information content (AvgIpc) is 3.35. The van der Waals surface area contributed by atoms with Gasteiger partial charge >= 0.3 is 0 Å². The van der Waals surface area contributed by atoms with Gasteiger partial charge < -0.3 is 9.55 Å². The maximum atomic E-state index is 9.87. The summed E-state index contributed by atoms with van der Waals surface area (Å²) >= 11 is 13.7. The highest BCUT2D eigenvalue weighted by Crippen LogP contribution is 2.33. The number of hydrogen-bond acceptors (Lipinski definition) is 3. The monoisotopic (exact) mass is 488 g/mol. The molecular formula is C26H18Cl2N4S. The number of benzene rings is 3. The van der Waals surface area contributed by atoms with Crippen molar-refractivity contribution in [2.24, 2.45) is 0 Å². The molecule has 0 unspecified atom stereocenters. The van der Waals surface area contributed by atoms with Gasteiger partial charge in [-0.25, -0.2) is 4.98 Å². The number of halogens is 2. The lowest BCUT2D eigenvalue weighted by molar-refractivity contribution is 0.804. The number of aromatic nitrogens is 3. The zero-order valence-corrected chi connectivity index (χ0v) is 20.0. The highest BCUT2D eigenvalue weighted by Gasteiger charge is 2.15. The minimum Gasteiger partial charge on any atom is -0.340 e. The first kappa shape index (κ1) is 21.7. The van der Waals surface area contributed by atoms with Gasteiger partial charge in [0.2, 0.25) is 0 Å². The summed E-state index contributed by atoms with van der Waals surface area (Å²) in [6.45, 7) is 2.72. The molecule has 0 aliphatic rings. The van der Waals surface area contributed by atoms with E-state index >= 15 is 0 Å². The minimum absolute atomic E-state index is 0.539. The normalized spacial score (nSPS) is 11.9. The number of aromatic amines is 1. The summed E-state index contributed by atoms with van der Waals surface area (Å²) in [5.74, 6) is 0. The second-order valence-electron chi connectivity index (χ2n) is 7.63. The Labute approximate surface area is 205 Å². The van der Waals surface area contributed by atoms with E-state index in [4.69, 9.17) is 23.2 Å². The van der Waals surface area contributed by atoms with E-state index in [2.05, 4.69) is 39.7 Å². The molecule has 4 nitrogen and oxygen atoms in total. The second kappa shape index (κ2) is 8.99. The summed E-state index contributed by atoms with van der Waals surface area (Å²) in [5, 5.41) is 12.7. The standard InChI is InChI=1S/C26H18Cl2N4S/c1-16-20(13-18(14-29)33-26-30-23-7-3-4-8-24(23)31-26)19-6-2-5-9-25(19)32(16)15-17-10-11-21(27)22(28)12-17/h2-13H,15H2,1H3,(H,30,31)/b18-13+. The van der Waals surface area contributed by atoms with Crippen LogP contribution in [0, 0.1) is 18.3 Å². The SMILES string of the molecule is Cc1c(/C=C(\C#N)Sc2nc3ccccc3[nH]2)c2ccccc2n1Cc1ccc(Cl)c(Cl)c1. The van der Waals surface area contributed by atoms with Crippen molar-refractivity contribution in [1.82, 2.24) is 14.5 Å². The van der Waals surface area contributed by atoms with Crippen LogP contribution in [-0.4, -0.2) is 14.5 Å². The van der Waals surface area contributed by atoms with Crippen LogP contribution in [0.5, 0.6) is 0 Å². The summed E-state index contributed by atoms with van der Waals surface area (Å²) in [6.07, 6.45) is 1.95. The van der Waals surface area contributed by atoms with Gasteiger partial charge in [0.15, 0.2) is 5.16 Å². The minimum atomic E-state index is 0.539. The summed E-state index contributed by atoms with van der Waals surface area (Å²) in [7, 11) is 0. The van der Waals surface area contributed by atoms with Crippen LogP contribution in [0.2, 0.25) is 10.0 Å². The van der Waals surface area contributed by atoms with Crippen molar-refractivity contribution < 1.29 is 0 Å². The number of thioether (sulfide) groups is 1. The van der Waals surface area contributed by atoms with Crippen molar-refractivity contribution in [1.29, 1.82) is 5.26 Å². The van der Waals surface area contributed by atoms with E-state index < -0.39 is 0 Å². The molecule has 0 saturated carbocycles. The van der Waals surface area contributed by atoms with Crippen molar-refractivity contribution in [2.75, 3.05) is 0 Å². The Bertz CT molecular complexity index is 1540. The molecule has 0 bridgehead atoms. The highest BCUT2D eigenvalue weighted by molar-refractivity contribution is 8.03. The van der Waals surface area contributed by atoms with Crippen LogP contribution in [0.15, 0.2) is 76.8 Å². The second-order valence-corrected chi connectivity index (χ2v) is 9.48. The van der Waals surface area contributed by atoms with Crippen LogP contribution in [-0.2, 0) is 6.54 Å². The fourth-order valence-electron chi connectivity index (χ4n) is 3.96. The molecule has 0 atom stereocenters. The predicted molar refractivity (Wildman–Crippen MR) is 138 cm³/mol. The summed E-state index contributed by atoms with van der Waals surface area (Å²) in [5.41, 5.74) is 6.07. The number of H-pyrrole nitrogens is 1. The zero-order chi connectivity index (χ0) is 22.9. The number of fused-ring (bicyclic) bond motifs is 2. The summed E-state index contributed by atoms with van der Waals surface area (Å²) < 4.78 is 2.24. The molecule has 0 saturated heterocycles. The lowest BCUT2D eigenvalue weighted by atomic mass is 10.1. The van der Waals surface area contributed by atoms with Crippen molar-refractivity contribution in [3.05, 3.63) is 98.5 Å². The lowest BCUT2D eigenvalue weighted by Crippen LogP contribution is -2.02. The van der Waals surface area contributed by atoms with Crippen molar-refractivity contribution in [3.8, 4) is 6.07 Å². The molecule has 33 heavy (non-hydrogen) atoms. The molecule has 2 aromatic heterocycles. The summed E-state index contributed by atoms with van der Waals surface area (Å²) in [4.78, 5) is 8.43. The quantitative estimate of drug-likeness (QED) is 0.202. The topological polar surface area (TPSA) is 57.4 Å². The van der Waals surface area contributed by atoms with Crippen LogP contribution in [0.3, 0.4) is 0 Å². The number of imidazole rings is 1. The Morgan fingerprint density at radius 1 is 1.09 bits per heavy atom. The molecule has 5 aromatic rings. The fourth-order valence-corrected chi connectivity index (χ4v) is 5.02. The molecule has 7 heteroatoms. The molecule has 0 radical (unpaired) electrons. The van der Waals surface area contributed by atoms with Crippen LogP contribution in [0.4, 0.5) is 0 Å². The molecule has 0 spiro atoms. The largest absolute Gasteiger partial charge is 0.340 e. The number of para-hydroxylation sites is 3. The van der Waals surface area contributed by atoms with Gasteiger partial charge in [-0.1, -0.05) is 59.6 Å². The molecule has 0 aliphatic heterocycles. The molecule has 0 aliphatic carbocycles. The molecule has 0 fully saturated rings. The maximum Gasteiger partial charge on any atom is 0.171 e. The maximum absolute atomic E-state index is 9.87. The predicted octanol–water partition coefficient (Wildman–Crippen LogP) is 7.84. The number of nitriles is 1. The van der Waals surface area contributed by atoms with Crippen LogP contribution in [0.25, 0.3) is 28.0 Å². The van der Waals surface area contributed by atoms with Gasteiger partial charge in [0.25, 0.3) is 0 Å². The third-order valence-electron chi connectivity index (χ3n) is 5.56. The van der Waals surface area contributed by atoms with Gasteiger partial charge in [0.1, 0.15) is 6.07 Å². The van der Waals surface area contributed by atoms with Gasteiger partial charge in [-0.3, -0.25) is 0 Å². The molecule has 3 aromatic carbocycles. The van der Waals surface area contributed by atoms with Gasteiger partial charge in [0.05, 0.1) is 26.0 Å². The van der Waals surface area contributed by atoms with E-state index in [1.54, 1.807) is 0 Å². The molecular weight excluding hydrogens is 471 g/mol. The molecule has 2 heterocycles. The number of rotatable bonds is 5. The van der Waals surface area contributed by atoms with Gasteiger partial charge in [-0.05, 0) is 60.7 Å². The van der Waals surface area contributed by atoms with Gasteiger partial charge in [0, 0.05) is 28.7 Å². The van der Waals surface area contributed by atoms with E-state index in [9.17, 15) is 5.26 Å². The fraction of sp³-hybridized carbons (Fsp3) is 0.0769. The van der Waals surface area contributed by atoms with Crippen molar-refractivity contribution in [3.63, 3.8) is 0 Å². The number of allylic oxidation sites excluding steroid dienone is 1. The van der Waals surface area contributed by atoms with Crippen molar-refractivity contribution in [2.45, 2.75) is 18.6 Å². The first-order valence-corrected chi connectivity index (χ1v) is 11.9. The Morgan fingerprint density at radius 2 is 1.88 bits per heavy atom. The van der Waals surface area contributed by atoms with E-state index in [1.807, 2.05) is 60.7 Å². The zero-order valence-electron chi connectivity index (χ0n) is 17.6. The van der Waals surface area contributed by atoms with Crippen LogP contribution < -0.4 is 0 Å².